The van der Waals surface area contributed by atoms with Gasteiger partial charge in [-0.25, -0.2) is 0 Å². The quantitative estimate of drug-likeness (QED) is 0.748. The summed E-state index contributed by atoms with van der Waals surface area (Å²) < 4.78 is 37.0. The van der Waals surface area contributed by atoms with Crippen LogP contribution in [0.15, 0.2) is 35.7 Å². The summed E-state index contributed by atoms with van der Waals surface area (Å²) in [4.78, 5) is 39.6. The van der Waals surface area contributed by atoms with Gasteiger partial charge in [0.2, 0.25) is 5.91 Å². The molecule has 6 nitrogen and oxygen atoms in total. The summed E-state index contributed by atoms with van der Waals surface area (Å²) in [5.41, 5.74) is 0.957. The van der Waals surface area contributed by atoms with Crippen molar-refractivity contribution in [2.45, 2.75) is 32.0 Å². The molecule has 0 radical (unpaired) electrons. The number of rotatable bonds is 5. The van der Waals surface area contributed by atoms with E-state index in [-0.39, 0.29) is 11.5 Å². The molecule has 1 aromatic heterocycles. The van der Waals surface area contributed by atoms with E-state index < -0.39 is 30.6 Å². The molecule has 0 bridgehead atoms. The van der Waals surface area contributed by atoms with E-state index in [9.17, 15) is 27.6 Å². The van der Waals surface area contributed by atoms with Crippen LogP contribution in [-0.4, -0.2) is 47.9 Å². The Hall–Kier alpha value is -2.88. The van der Waals surface area contributed by atoms with Gasteiger partial charge in [-0.15, -0.1) is 11.3 Å². The minimum Gasteiger partial charge on any atom is -0.343 e. The van der Waals surface area contributed by atoms with Crippen LogP contribution in [0.4, 0.5) is 18.9 Å². The molecular formula is C20H20F3N3O3S. The smallest absolute Gasteiger partial charge is 0.343 e. The lowest BCUT2D eigenvalue weighted by Gasteiger charge is -2.24. The van der Waals surface area contributed by atoms with Gasteiger partial charge >= 0.3 is 6.18 Å². The van der Waals surface area contributed by atoms with Crippen molar-refractivity contribution in [1.29, 1.82) is 0 Å². The van der Waals surface area contributed by atoms with Crippen LogP contribution in [0, 0.1) is 6.92 Å². The maximum Gasteiger partial charge on any atom is 0.405 e. The van der Waals surface area contributed by atoms with Crippen molar-refractivity contribution in [1.82, 2.24) is 10.2 Å². The number of hydrogen-bond donors (Lipinski definition) is 2. The predicted octanol–water partition coefficient (Wildman–Crippen LogP) is 3.59. The minimum atomic E-state index is -4.52. The van der Waals surface area contributed by atoms with E-state index in [1.54, 1.807) is 35.8 Å². The Balaban J connectivity index is 1.71. The molecule has 1 aromatic carbocycles. The fraction of sp³-hybridized carbons (Fsp3) is 0.350. The molecule has 160 valence electrons. The number of aryl methyl sites for hydroxylation is 1. The molecule has 1 aliphatic rings. The van der Waals surface area contributed by atoms with Crippen LogP contribution < -0.4 is 10.6 Å². The zero-order chi connectivity index (χ0) is 21.9. The maximum absolute atomic E-state index is 12.8. The Morgan fingerprint density at radius 2 is 2.00 bits per heavy atom. The van der Waals surface area contributed by atoms with E-state index in [2.05, 4.69) is 5.32 Å². The Morgan fingerprint density at radius 3 is 2.67 bits per heavy atom. The van der Waals surface area contributed by atoms with Crippen LogP contribution in [0.25, 0.3) is 0 Å². The molecule has 0 aliphatic carbocycles. The van der Waals surface area contributed by atoms with Gasteiger partial charge in [-0.2, -0.15) is 13.2 Å². The molecule has 2 aromatic rings. The SMILES string of the molecule is Cc1ccc(C(=O)NCC(F)(F)F)cc1NC(=O)[C@@H]1CCCN1C(=O)c1cccs1. The predicted molar refractivity (Wildman–Crippen MR) is 107 cm³/mol. The molecule has 1 saturated heterocycles. The third-order valence-corrected chi connectivity index (χ3v) is 5.61. The molecule has 1 fully saturated rings. The van der Waals surface area contributed by atoms with Gasteiger partial charge in [0.1, 0.15) is 12.6 Å². The van der Waals surface area contributed by atoms with Gasteiger partial charge in [-0.1, -0.05) is 12.1 Å². The van der Waals surface area contributed by atoms with Crippen LogP contribution in [-0.2, 0) is 4.79 Å². The average molecular weight is 439 g/mol. The van der Waals surface area contributed by atoms with Crippen LogP contribution in [0.2, 0.25) is 0 Å². The Kier molecular flexibility index (Phi) is 6.45. The summed E-state index contributed by atoms with van der Waals surface area (Å²) in [6.45, 7) is 0.729. The number of hydrogen-bond acceptors (Lipinski definition) is 4. The highest BCUT2D eigenvalue weighted by atomic mass is 32.1. The fourth-order valence-electron chi connectivity index (χ4n) is 3.22. The van der Waals surface area contributed by atoms with Crippen molar-refractivity contribution in [3.63, 3.8) is 0 Å². The Morgan fingerprint density at radius 1 is 1.23 bits per heavy atom. The molecule has 3 rings (SSSR count). The number of anilines is 1. The minimum absolute atomic E-state index is 0.00177. The first kappa shape index (κ1) is 21.8. The number of nitrogens with zero attached hydrogens (tertiary/aromatic N) is 1. The van der Waals surface area contributed by atoms with Gasteiger partial charge < -0.3 is 15.5 Å². The van der Waals surface area contributed by atoms with Crippen LogP contribution >= 0.6 is 11.3 Å². The van der Waals surface area contributed by atoms with E-state index in [0.717, 1.165) is 0 Å². The number of alkyl halides is 3. The summed E-state index contributed by atoms with van der Waals surface area (Å²) >= 11 is 1.30. The van der Waals surface area contributed by atoms with E-state index in [1.165, 1.54) is 28.4 Å². The summed E-state index contributed by atoms with van der Waals surface area (Å²) in [5, 5.41) is 6.31. The molecule has 2 heterocycles. The summed E-state index contributed by atoms with van der Waals surface area (Å²) in [6, 6.07) is 7.08. The third-order valence-electron chi connectivity index (χ3n) is 4.76. The molecule has 0 spiro atoms. The number of carbonyl (C=O) groups is 3. The first-order chi connectivity index (χ1) is 14.2. The lowest BCUT2D eigenvalue weighted by molar-refractivity contribution is -0.123. The molecule has 1 atom stereocenters. The second kappa shape index (κ2) is 8.86. The Bertz CT molecular complexity index is 945. The van der Waals surface area contributed by atoms with Gasteiger partial charge in [0, 0.05) is 17.8 Å². The first-order valence-corrected chi connectivity index (χ1v) is 10.1. The second-order valence-corrected chi connectivity index (χ2v) is 7.90. The highest BCUT2D eigenvalue weighted by Crippen LogP contribution is 2.25. The molecule has 0 saturated carbocycles. The summed E-state index contributed by atoms with van der Waals surface area (Å²) in [7, 11) is 0. The molecule has 0 unspecified atom stereocenters. The highest BCUT2D eigenvalue weighted by Gasteiger charge is 2.35. The van der Waals surface area contributed by atoms with E-state index in [1.807, 2.05) is 0 Å². The van der Waals surface area contributed by atoms with Gasteiger partial charge in [0.05, 0.1) is 4.88 Å². The molecule has 1 aliphatic heterocycles. The third kappa shape index (κ3) is 5.18. The van der Waals surface area contributed by atoms with Crippen molar-refractivity contribution < 1.29 is 27.6 Å². The lowest BCUT2D eigenvalue weighted by atomic mass is 10.1. The number of carbonyl (C=O) groups excluding carboxylic acids is 3. The van der Waals surface area contributed by atoms with E-state index in [0.29, 0.717) is 35.5 Å². The fourth-order valence-corrected chi connectivity index (χ4v) is 3.90. The Labute approximate surface area is 175 Å². The highest BCUT2D eigenvalue weighted by molar-refractivity contribution is 7.12. The maximum atomic E-state index is 12.8. The number of thiophene rings is 1. The number of nitrogens with one attached hydrogen (secondary N) is 2. The topological polar surface area (TPSA) is 78.5 Å². The monoisotopic (exact) mass is 439 g/mol. The van der Waals surface area contributed by atoms with Gasteiger partial charge in [-0.05, 0) is 48.9 Å². The van der Waals surface area contributed by atoms with Crippen molar-refractivity contribution in [2.75, 3.05) is 18.4 Å². The first-order valence-electron chi connectivity index (χ1n) is 9.26. The largest absolute Gasteiger partial charge is 0.405 e. The normalized spacial score (nSPS) is 16.4. The molecular weight excluding hydrogens is 419 g/mol. The van der Waals surface area contributed by atoms with Gasteiger partial charge in [0.15, 0.2) is 0 Å². The summed E-state index contributed by atoms with van der Waals surface area (Å²) in [6.07, 6.45) is -3.32. The van der Waals surface area contributed by atoms with Gasteiger partial charge in [0.25, 0.3) is 11.8 Å². The number of halogens is 3. The molecule has 10 heteroatoms. The number of amides is 3. The van der Waals surface area contributed by atoms with Crippen LogP contribution in [0.1, 0.15) is 38.4 Å². The zero-order valence-corrected chi connectivity index (χ0v) is 16.9. The van der Waals surface area contributed by atoms with E-state index >= 15 is 0 Å². The molecule has 2 N–H and O–H groups in total. The summed E-state index contributed by atoms with van der Waals surface area (Å²) in [5.74, 6) is -1.49. The zero-order valence-electron chi connectivity index (χ0n) is 16.1. The van der Waals surface area contributed by atoms with E-state index in [4.69, 9.17) is 0 Å². The van der Waals surface area contributed by atoms with Crippen LogP contribution in [0.5, 0.6) is 0 Å². The standard InChI is InChI=1S/C20H20F3N3O3S/c1-12-6-7-13(17(27)24-11-20(21,22)23)10-14(12)25-18(28)15-4-2-8-26(15)19(29)16-5-3-9-30-16/h3,5-7,9-10,15H,2,4,8,11H2,1H3,(H,24,27)(H,25,28)/t15-/m0/s1. The lowest BCUT2D eigenvalue weighted by Crippen LogP contribution is -2.43. The molecule has 30 heavy (non-hydrogen) atoms. The van der Waals surface area contributed by atoms with Crippen molar-refractivity contribution >= 4 is 34.7 Å². The van der Waals surface area contributed by atoms with Crippen molar-refractivity contribution in [2.24, 2.45) is 0 Å². The van der Waals surface area contributed by atoms with Crippen molar-refractivity contribution in [3.05, 3.63) is 51.7 Å². The van der Waals surface area contributed by atoms with Crippen LogP contribution in [0.3, 0.4) is 0 Å². The number of benzene rings is 1. The second-order valence-electron chi connectivity index (χ2n) is 6.95. The van der Waals surface area contributed by atoms with Gasteiger partial charge in [-0.3, -0.25) is 14.4 Å². The molecule has 3 amide bonds. The van der Waals surface area contributed by atoms with Crippen molar-refractivity contribution in [3.8, 4) is 0 Å². The average Bonchev–Trinajstić information content (AvgIpc) is 3.38. The number of likely N-dealkylation sites (tertiary alicyclic amines) is 1.